The van der Waals surface area contributed by atoms with Gasteiger partial charge in [0, 0.05) is 17.5 Å². The third-order valence-electron chi connectivity index (χ3n) is 3.66. The van der Waals surface area contributed by atoms with Gasteiger partial charge in [-0.2, -0.15) is 0 Å². The molecule has 0 aliphatic rings. The van der Waals surface area contributed by atoms with Gasteiger partial charge in [0.05, 0.1) is 6.61 Å². The molecule has 0 aliphatic heterocycles. The highest BCUT2D eigenvalue weighted by atomic mass is 16.5. The van der Waals surface area contributed by atoms with E-state index in [2.05, 4.69) is 10.6 Å². The molecular formula is C19H24N2O6. The summed E-state index contributed by atoms with van der Waals surface area (Å²) in [5.74, 6) is -0.573. The molecule has 8 heteroatoms. The average molecular weight is 376 g/mol. The molecule has 1 aromatic heterocycles. The first-order chi connectivity index (χ1) is 12.8. The number of hydrogen-bond acceptors (Lipinski definition) is 6. The molecule has 0 aliphatic carbocycles. The highest BCUT2D eigenvalue weighted by molar-refractivity contribution is 5.99. The summed E-state index contributed by atoms with van der Waals surface area (Å²) in [6.45, 7) is 7.82. The fourth-order valence-corrected chi connectivity index (χ4v) is 2.35. The first kappa shape index (κ1) is 20.3. The third kappa shape index (κ3) is 5.47. The molecule has 2 N–H and O–H groups in total. The van der Waals surface area contributed by atoms with Crippen LogP contribution in [0.1, 0.15) is 36.9 Å². The topological polar surface area (TPSA) is 107 Å². The van der Waals surface area contributed by atoms with Crippen LogP contribution in [0.3, 0.4) is 0 Å². The third-order valence-corrected chi connectivity index (χ3v) is 3.66. The number of esters is 1. The van der Waals surface area contributed by atoms with Gasteiger partial charge >= 0.3 is 12.0 Å². The maximum absolute atomic E-state index is 12.2. The summed E-state index contributed by atoms with van der Waals surface area (Å²) >= 11 is 0. The summed E-state index contributed by atoms with van der Waals surface area (Å²) in [7, 11) is 0. The zero-order valence-corrected chi connectivity index (χ0v) is 15.9. The summed E-state index contributed by atoms with van der Waals surface area (Å²) in [4.78, 5) is 35.4. The van der Waals surface area contributed by atoms with E-state index < -0.39 is 24.5 Å². The smallest absolute Gasteiger partial charge is 0.375 e. The lowest BCUT2D eigenvalue weighted by atomic mass is 10.1. The van der Waals surface area contributed by atoms with E-state index in [0.717, 1.165) is 5.39 Å². The van der Waals surface area contributed by atoms with E-state index in [0.29, 0.717) is 30.0 Å². The zero-order valence-electron chi connectivity index (χ0n) is 15.9. The zero-order chi connectivity index (χ0) is 20.0. The number of carbonyl (C=O) groups excluding carboxylic acids is 3. The summed E-state index contributed by atoms with van der Waals surface area (Å²) in [6, 6.07) is 4.59. The standard InChI is InChI=1S/C19H24N2O6/c1-5-25-13-6-7-15-14(8-13)12(4)17(27-15)18(23)26-10-16(22)21-19(24)20-9-11(2)3/h6-8,11H,5,9-10H2,1-4H3,(H2,20,21,22,24). The number of hydrogen-bond donors (Lipinski definition) is 2. The predicted octanol–water partition coefficient (Wildman–Crippen LogP) is 2.78. The lowest BCUT2D eigenvalue weighted by Crippen LogP contribution is -2.42. The average Bonchev–Trinajstić information content (AvgIpc) is 2.95. The largest absolute Gasteiger partial charge is 0.494 e. The molecule has 2 aromatic rings. The Balaban J connectivity index is 1.96. The summed E-state index contributed by atoms with van der Waals surface area (Å²) < 4.78 is 15.9. The van der Waals surface area contributed by atoms with E-state index in [9.17, 15) is 14.4 Å². The lowest BCUT2D eigenvalue weighted by Gasteiger charge is -2.08. The minimum Gasteiger partial charge on any atom is -0.494 e. The summed E-state index contributed by atoms with van der Waals surface area (Å²) in [6.07, 6.45) is 0. The molecular weight excluding hydrogens is 352 g/mol. The predicted molar refractivity (Wildman–Crippen MR) is 98.8 cm³/mol. The highest BCUT2D eigenvalue weighted by Crippen LogP contribution is 2.29. The van der Waals surface area contributed by atoms with Crippen LogP contribution in [0.4, 0.5) is 4.79 Å². The second-order valence-electron chi connectivity index (χ2n) is 6.38. The maximum atomic E-state index is 12.2. The first-order valence-corrected chi connectivity index (χ1v) is 8.72. The molecule has 0 spiro atoms. The Morgan fingerprint density at radius 1 is 1.22 bits per heavy atom. The molecule has 0 unspecified atom stereocenters. The molecule has 0 fully saturated rings. The van der Waals surface area contributed by atoms with Gasteiger partial charge in [-0.1, -0.05) is 13.8 Å². The molecule has 1 heterocycles. The summed E-state index contributed by atoms with van der Waals surface area (Å²) in [5.41, 5.74) is 1.10. The van der Waals surface area contributed by atoms with E-state index in [1.807, 2.05) is 20.8 Å². The molecule has 2 rings (SSSR count). The van der Waals surface area contributed by atoms with Crippen molar-refractivity contribution in [3.63, 3.8) is 0 Å². The molecule has 0 saturated carbocycles. The van der Waals surface area contributed by atoms with Gasteiger partial charge in [0.2, 0.25) is 5.76 Å². The number of urea groups is 1. The van der Waals surface area contributed by atoms with Gasteiger partial charge in [-0.25, -0.2) is 9.59 Å². The van der Waals surface area contributed by atoms with E-state index >= 15 is 0 Å². The normalized spacial score (nSPS) is 10.7. The van der Waals surface area contributed by atoms with Crippen LogP contribution in [0.25, 0.3) is 11.0 Å². The van der Waals surface area contributed by atoms with Gasteiger partial charge in [0.1, 0.15) is 11.3 Å². The van der Waals surface area contributed by atoms with Gasteiger partial charge in [-0.15, -0.1) is 0 Å². The van der Waals surface area contributed by atoms with Gasteiger partial charge in [-0.05, 0) is 38.0 Å². The molecule has 8 nitrogen and oxygen atoms in total. The second kappa shape index (κ2) is 9.07. The Morgan fingerprint density at radius 2 is 1.96 bits per heavy atom. The number of carbonyl (C=O) groups is 3. The van der Waals surface area contributed by atoms with Crippen LogP contribution in [0.5, 0.6) is 5.75 Å². The summed E-state index contributed by atoms with van der Waals surface area (Å²) in [5, 5.41) is 5.35. The Bertz CT molecular complexity index is 840. The number of benzene rings is 1. The Kier molecular flexibility index (Phi) is 6.81. The number of ether oxygens (including phenoxy) is 2. The van der Waals surface area contributed by atoms with Crippen molar-refractivity contribution in [2.45, 2.75) is 27.7 Å². The minimum atomic E-state index is -0.778. The van der Waals surface area contributed by atoms with Gasteiger partial charge in [0.25, 0.3) is 5.91 Å². The van der Waals surface area contributed by atoms with Gasteiger partial charge in [0.15, 0.2) is 6.61 Å². The number of amides is 3. The number of rotatable bonds is 7. The van der Waals surface area contributed by atoms with E-state index in [4.69, 9.17) is 13.9 Å². The fraction of sp³-hybridized carbons (Fsp3) is 0.421. The Morgan fingerprint density at radius 3 is 2.63 bits per heavy atom. The number of aryl methyl sites for hydroxylation is 1. The molecule has 3 amide bonds. The Hall–Kier alpha value is -3.03. The van der Waals surface area contributed by atoms with Crippen LogP contribution in [-0.4, -0.2) is 37.7 Å². The van der Waals surface area contributed by atoms with Crippen LogP contribution in [0, 0.1) is 12.8 Å². The molecule has 0 bridgehead atoms. The van der Waals surface area contributed by atoms with Crippen LogP contribution in [0.2, 0.25) is 0 Å². The number of nitrogens with one attached hydrogen (secondary N) is 2. The lowest BCUT2D eigenvalue weighted by molar-refractivity contribution is -0.123. The van der Waals surface area contributed by atoms with Crippen LogP contribution >= 0.6 is 0 Å². The van der Waals surface area contributed by atoms with Crippen molar-refractivity contribution in [2.75, 3.05) is 19.8 Å². The minimum absolute atomic E-state index is 0.00991. The second-order valence-corrected chi connectivity index (χ2v) is 6.38. The fourth-order valence-electron chi connectivity index (χ4n) is 2.35. The van der Waals surface area contributed by atoms with Crippen molar-refractivity contribution in [3.8, 4) is 5.75 Å². The van der Waals surface area contributed by atoms with Gasteiger partial charge < -0.3 is 19.2 Å². The number of fused-ring (bicyclic) bond motifs is 1. The number of furan rings is 1. The maximum Gasteiger partial charge on any atom is 0.375 e. The molecule has 146 valence electrons. The molecule has 0 radical (unpaired) electrons. The SMILES string of the molecule is CCOc1ccc2oc(C(=O)OCC(=O)NC(=O)NCC(C)C)c(C)c2c1. The molecule has 1 aromatic carbocycles. The van der Waals surface area contributed by atoms with Gasteiger partial charge in [-0.3, -0.25) is 10.1 Å². The molecule has 0 atom stereocenters. The van der Waals surface area contributed by atoms with E-state index in [1.165, 1.54) is 0 Å². The van der Waals surface area contributed by atoms with Crippen molar-refractivity contribution in [1.29, 1.82) is 0 Å². The highest BCUT2D eigenvalue weighted by Gasteiger charge is 2.21. The van der Waals surface area contributed by atoms with Crippen molar-refractivity contribution in [3.05, 3.63) is 29.5 Å². The van der Waals surface area contributed by atoms with Crippen molar-refractivity contribution >= 4 is 28.9 Å². The number of imide groups is 1. The van der Waals surface area contributed by atoms with Crippen molar-refractivity contribution < 1.29 is 28.3 Å². The van der Waals surface area contributed by atoms with Crippen molar-refractivity contribution in [2.24, 2.45) is 5.92 Å². The van der Waals surface area contributed by atoms with Crippen LogP contribution in [0.15, 0.2) is 22.6 Å². The van der Waals surface area contributed by atoms with Crippen molar-refractivity contribution in [1.82, 2.24) is 10.6 Å². The first-order valence-electron chi connectivity index (χ1n) is 8.72. The quantitative estimate of drug-likeness (QED) is 0.720. The van der Waals surface area contributed by atoms with Crippen LogP contribution in [-0.2, 0) is 9.53 Å². The van der Waals surface area contributed by atoms with E-state index in [-0.39, 0.29) is 11.7 Å². The molecule has 27 heavy (non-hydrogen) atoms. The van der Waals surface area contributed by atoms with E-state index in [1.54, 1.807) is 25.1 Å². The molecule has 0 saturated heterocycles. The Labute approximate surface area is 157 Å². The van der Waals surface area contributed by atoms with Crippen LogP contribution < -0.4 is 15.4 Å². The monoisotopic (exact) mass is 376 g/mol.